The van der Waals surface area contributed by atoms with E-state index in [1.54, 1.807) is 0 Å². The summed E-state index contributed by atoms with van der Waals surface area (Å²) in [5.41, 5.74) is -0.529. The Hall–Kier alpha value is -1.14. The van der Waals surface area contributed by atoms with Crippen molar-refractivity contribution >= 4 is 11.9 Å². The zero-order valence-electron chi connectivity index (χ0n) is 14.7. The number of fused-ring (bicyclic) bond motifs is 1. The molecular formula is C17H28O6. The van der Waals surface area contributed by atoms with E-state index in [0.29, 0.717) is 6.42 Å². The molecule has 132 valence electrons. The summed E-state index contributed by atoms with van der Waals surface area (Å²) in [4.78, 5) is 24.1. The first kappa shape index (κ1) is 18.2. The molecule has 0 radical (unpaired) electrons. The van der Waals surface area contributed by atoms with Crippen LogP contribution < -0.4 is 0 Å². The Balaban J connectivity index is 1.92. The van der Waals surface area contributed by atoms with Crippen molar-refractivity contribution in [2.45, 2.75) is 71.9 Å². The highest BCUT2D eigenvalue weighted by Crippen LogP contribution is 2.33. The Bertz CT molecular complexity index is 446. The van der Waals surface area contributed by atoms with Crippen LogP contribution >= 0.6 is 0 Å². The van der Waals surface area contributed by atoms with Gasteiger partial charge in [-0.1, -0.05) is 20.8 Å². The summed E-state index contributed by atoms with van der Waals surface area (Å²) in [5, 5.41) is 0. The predicted molar refractivity (Wildman–Crippen MR) is 82.8 cm³/mol. The number of hydrogen-bond donors (Lipinski definition) is 0. The lowest BCUT2D eigenvalue weighted by Crippen LogP contribution is -2.38. The van der Waals surface area contributed by atoms with Crippen molar-refractivity contribution in [2.24, 2.45) is 11.3 Å². The molecule has 0 aromatic heterocycles. The van der Waals surface area contributed by atoms with E-state index in [1.165, 1.54) is 0 Å². The van der Waals surface area contributed by atoms with Crippen molar-refractivity contribution in [3.8, 4) is 0 Å². The summed E-state index contributed by atoms with van der Waals surface area (Å²) >= 11 is 0. The molecule has 2 saturated heterocycles. The molecule has 2 aliphatic heterocycles. The van der Waals surface area contributed by atoms with Gasteiger partial charge in [-0.2, -0.15) is 0 Å². The fraction of sp³-hybridized carbons (Fsp3) is 0.882. The maximum atomic E-state index is 12.2. The second-order valence-electron chi connectivity index (χ2n) is 7.06. The quantitative estimate of drug-likeness (QED) is 0.695. The van der Waals surface area contributed by atoms with Crippen LogP contribution in [0.5, 0.6) is 0 Å². The molecule has 0 aromatic carbocycles. The molecule has 6 heteroatoms. The minimum Gasteiger partial charge on any atom is -0.457 e. The number of carbonyl (C=O) groups excluding carboxylic acids is 2. The normalized spacial score (nSPS) is 31.5. The lowest BCUT2D eigenvalue weighted by molar-refractivity contribution is -0.164. The smallest absolute Gasteiger partial charge is 0.311 e. The predicted octanol–water partition coefficient (Wildman–Crippen LogP) is 2.09. The molecule has 0 spiro atoms. The van der Waals surface area contributed by atoms with Crippen molar-refractivity contribution in [1.82, 2.24) is 0 Å². The Morgan fingerprint density at radius 3 is 2.09 bits per heavy atom. The van der Waals surface area contributed by atoms with Gasteiger partial charge in [-0.3, -0.25) is 9.59 Å². The van der Waals surface area contributed by atoms with E-state index in [9.17, 15) is 9.59 Å². The van der Waals surface area contributed by atoms with E-state index in [2.05, 4.69) is 0 Å². The maximum absolute atomic E-state index is 12.2. The van der Waals surface area contributed by atoms with E-state index in [4.69, 9.17) is 18.9 Å². The second-order valence-corrected chi connectivity index (χ2v) is 7.06. The lowest BCUT2D eigenvalue weighted by Gasteiger charge is -2.24. The summed E-state index contributed by atoms with van der Waals surface area (Å²) < 4.78 is 22.4. The number of esters is 2. The van der Waals surface area contributed by atoms with Crippen LogP contribution in [-0.4, -0.2) is 49.6 Å². The van der Waals surface area contributed by atoms with Crippen LogP contribution in [0.1, 0.15) is 47.5 Å². The van der Waals surface area contributed by atoms with Crippen molar-refractivity contribution in [1.29, 1.82) is 0 Å². The molecule has 6 nitrogen and oxygen atoms in total. The first-order valence-electron chi connectivity index (χ1n) is 8.45. The van der Waals surface area contributed by atoms with Gasteiger partial charge < -0.3 is 18.9 Å². The van der Waals surface area contributed by atoms with Gasteiger partial charge in [0, 0.05) is 0 Å². The van der Waals surface area contributed by atoms with Crippen LogP contribution in [0.25, 0.3) is 0 Å². The van der Waals surface area contributed by atoms with Crippen molar-refractivity contribution in [3.05, 3.63) is 0 Å². The average molecular weight is 328 g/mol. The molecule has 0 amide bonds. The molecule has 2 fully saturated rings. The molecule has 0 bridgehead atoms. The highest BCUT2D eigenvalue weighted by molar-refractivity contribution is 5.76. The largest absolute Gasteiger partial charge is 0.457 e. The van der Waals surface area contributed by atoms with Crippen LogP contribution in [0.2, 0.25) is 0 Å². The molecule has 0 aromatic rings. The molecular weight excluding hydrogens is 300 g/mol. The van der Waals surface area contributed by atoms with Gasteiger partial charge in [0.2, 0.25) is 0 Å². The molecule has 5 atom stereocenters. The highest BCUT2D eigenvalue weighted by Gasteiger charge is 2.51. The minimum absolute atomic E-state index is 0.144. The van der Waals surface area contributed by atoms with Crippen molar-refractivity contribution < 1.29 is 28.5 Å². The van der Waals surface area contributed by atoms with Crippen molar-refractivity contribution in [2.75, 3.05) is 13.2 Å². The lowest BCUT2D eigenvalue weighted by atomic mass is 9.90. The first-order valence-corrected chi connectivity index (χ1v) is 8.45. The van der Waals surface area contributed by atoms with Gasteiger partial charge in [-0.15, -0.1) is 0 Å². The third-order valence-corrected chi connectivity index (χ3v) is 4.94. The van der Waals surface area contributed by atoms with Gasteiger partial charge >= 0.3 is 11.9 Å². The topological polar surface area (TPSA) is 71.1 Å². The summed E-state index contributed by atoms with van der Waals surface area (Å²) in [6, 6.07) is 0. The second kappa shape index (κ2) is 7.18. The molecule has 0 saturated carbocycles. The Kier molecular flexibility index (Phi) is 5.68. The summed E-state index contributed by atoms with van der Waals surface area (Å²) in [6.07, 6.45) is -0.154. The van der Waals surface area contributed by atoms with Crippen LogP contribution in [0.15, 0.2) is 0 Å². The van der Waals surface area contributed by atoms with E-state index >= 15 is 0 Å². The Morgan fingerprint density at radius 1 is 1.09 bits per heavy atom. The molecule has 23 heavy (non-hydrogen) atoms. The summed E-state index contributed by atoms with van der Waals surface area (Å²) in [5.74, 6) is -0.634. The van der Waals surface area contributed by atoms with Crippen LogP contribution in [0.4, 0.5) is 0 Å². The van der Waals surface area contributed by atoms with Crippen LogP contribution in [-0.2, 0) is 28.5 Å². The minimum atomic E-state index is -0.529. The van der Waals surface area contributed by atoms with E-state index in [0.717, 1.165) is 6.42 Å². The molecule has 0 N–H and O–H groups in total. The summed E-state index contributed by atoms with van der Waals surface area (Å²) in [7, 11) is 0. The third-order valence-electron chi connectivity index (χ3n) is 4.94. The van der Waals surface area contributed by atoms with Gasteiger partial charge in [-0.05, 0) is 26.7 Å². The fourth-order valence-electron chi connectivity index (χ4n) is 2.50. The van der Waals surface area contributed by atoms with Gasteiger partial charge in [-0.25, -0.2) is 0 Å². The Labute approximate surface area is 137 Å². The molecule has 0 aliphatic carbocycles. The van der Waals surface area contributed by atoms with Crippen molar-refractivity contribution in [3.63, 3.8) is 0 Å². The number of carbonyl (C=O) groups is 2. The number of rotatable bonds is 6. The first-order chi connectivity index (χ1) is 10.8. The van der Waals surface area contributed by atoms with Gasteiger partial charge in [0.05, 0.1) is 24.5 Å². The Morgan fingerprint density at radius 2 is 1.61 bits per heavy atom. The maximum Gasteiger partial charge on any atom is 0.311 e. The van der Waals surface area contributed by atoms with Gasteiger partial charge in [0.25, 0.3) is 0 Å². The van der Waals surface area contributed by atoms with Crippen LogP contribution in [0.3, 0.4) is 0 Å². The third kappa shape index (κ3) is 3.86. The highest BCUT2D eigenvalue weighted by atomic mass is 16.7. The fourth-order valence-corrected chi connectivity index (χ4v) is 2.50. The monoisotopic (exact) mass is 328 g/mol. The molecule has 3 unspecified atom stereocenters. The van der Waals surface area contributed by atoms with E-state index in [1.807, 2.05) is 34.6 Å². The molecule has 2 aliphatic rings. The van der Waals surface area contributed by atoms with Gasteiger partial charge in [0.1, 0.15) is 12.2 Å². The zero-order chi connectivity index (χ0) is 17.2. The SMILES string of the molecule is CCC(C)C(=O)O[C@H]1COC2C1OC[C@H]2OC(=O)C(C)(C)CC. The summed E-state index contributed by atoms with van der Waals surface area (Å²) in [6.45, 7) is 10.00. The zero-order valence-corrected chi connectivity index (χ0v) is 14.7. The molecule has 2 rings (SSSR count). The molecule has 2 heterocycles. The van der Waals surface area contributed by atoms with E-state index in [-0.39, 0.29) is 43.3 Å². The number of ether oxygens (including phenoxy) is 4. The average Bonchev–Trinajstić information content (AvgIpc) is 3.10. The van der Waals surface area contributed by atoms with Crippen LogP contribution in [0, 0.1) is 11.3 Å². The standard InChI is InChI=1S/C17H28O6/c1-6-10(3)15(18)22-11-8-20-14-12(9-21-13(11)14)23-16(19)17(4,5)7-2/h10-14H,6-9H2,1-5H3/t10?,11-,12+,13?,14?/m0/s1. The van der Waals surface area contributed by atoms with Gasteiger partial charge in [0.15, 0.2) is 12.2 Å². The van der Waals surface area contributed by atoms with E-state index < -0.39 is 17.6 Å². The number of hydrogen-bond acceptors (Lipinski definition) is 6.